The maximum Gasteiger partial charge on any atom is 0.223 e. The van der Waals surface area contributed by atoms with Crippen molar-refractivity contribution in [2.75, 3.05) is 17.7 Å². The van der Waals surface area contributed by atoms with Gasteiger partial charge in [0.05, 0.1) is 0 Å². The average Bonchev–Trinajstić information content (AvgIpc) is 2.36. The first-order valence-corrected chi connectivity index (χ1v) is 7.02. The van der Waals surface area contributed by atoms with Crippen LogP contribution in [0.25, 0.3) is 0 Å². The van der Waals surface area contributed by atoms with Gasteiger partial charge in [0.1, 0.15) is 11.0 Å². The quantitative estimate of drug-likeness (QED) is 0.856. The Morgan fingerprint density at radius 3 is 2.78 bits per heavy atom. The molecule has 18 heavy (non-hydrogen) atoms. The van der Waals surface area contributed by atoms with Crippen molar-refractivity contribution >= 4 is 23.4 Å². The lowest BCUT2D eigenvalue weighted by molar-refractivity contribution is 0.291. The zero-order valence-electron chi connectivity index (χ0n) is 11.1. The van der Waals surface area contributed by atoms with Gasteiger partial charge in [-0.15, -0.1) is 0 Å². The van der Waals surface area contributed by atoms with Gasteiger partial charge in [0.2, 0.25) is 5.95 Å². The van der Waals surface area contributed by atoms with Crippen molar-refractivity contribution in [3.05, 3.63) is 11.2 Å². The molecule has 5 heteroatoms. The SMILES string of the molecule is CC[C@@H]1CCCC[C@H]1N(C)c1cc(Cl)nc(N)n1. The summed E-state index contributed by atoms with van der Waals surface area (Å²) in [4.78, 5) is 10.4. The Balaban J connectivity index is 2.20. The fourth-order valence-corrected chi connectivity index (χ4v) is 3.13. The Bertz CT molecular complexity index is 390. The van der Waals surface area contributed by atoms with Crippen LogP contribution >= 0.6 is 11.6 Å². The van der Waals surface area contributed by atoms with Gasteiger partial charge in [0, 0.05) is 19.2 Å². The molecule has 1 fully saturated rings. The highest BCUT2D eigenvalue weighted by Crippen LogP contribution is 2.32. The second-order valence-corrected chi connectivity index (χ2v) is 5.43. The molecule has 4 nitrogen and oxygen atoms in total. The summed E-state index contributed by atoms with van der Waals surface area (Å²) in [6.07, 6.45) is 6.37. The van der Waals surface area contributed by atoms with Crippen molar-refractivity contribution in [1.82, 2.24) is 9.97 Å². The van der Waals surface area contributed by atoms with E-state index in [1.807, 2.05) is 0 Å². The second-order valence-electron chi connectivity index (χ2n) is 5.04. The molecule has 0 amide bonds. The molecule has 0 aliphatic heterocycles. The van der Waals surface area contributed by atoms with Crippen LogP contribution in [0.3, 0.4) is 0 Å². The molecule has 2 N–H and O–H groups in total. The van der Waals surface area contributed by atoms with Crippen molar-refractivity contribution in [3.63, 3.8) is 0 Å². The van der Waals surface area contributed by atoms with E-state index in [1.54, 1.807) is 6.07 Å². The minimum Gasteiger partial charge on any atom is -0.368 e. The molecule has 2 rings (SSSR count). The Labute approximate surface area is 114 Å². The van der Waals surface area contributed by atoms with E-state index < -0.39 is 0 Å². The van der Waals surface area contributed by atoms with Gasteiger partial charge in [0.25, 0.3) is 0 Å². The average molecular weight is 269 g/mol. The minimum absolute atomic E-state index is 0.244. The van der Waals surface area contributed by atoms with E-state index in [0.717, 1.165) is 11.7 Å². The fraction of sp³-hybridized carbons (Fsp3) is 0.692. The number of nitrogens with two attached hydrogens (primary N) is 1. The molecule has 1 aliphatic carbocycles. The monoisotopic (exact) mass is 268 g/mol. The van der Waals surface area contributed by atoms with Crippen LogP contribution in [0.4, 0.5) is 11.8 Å². The first kappa shape index (κ1) is 13.4. The second kappa shape index (κ2) is 5.74. The Morgan fingerprint density at radius 2 is 2.11 bits per heavy atom. The highest BCUT2D eigenvalue weighted by Gasteiger charge is 2.28. The van der Waals surface area contributed by atoms with E-state index >= 15 is 0 Å². The number of hydrogen-bond acceptors (Lipinski definition) is 4. The summed E-state index contributed by atoms with van der Waals surface area (Å²) >= 11 is 5.95. The lowest BCUT2D eigenvalue weighted by Crippen LogP contribution is -2.40. The van der Waals surface area contributed by atoms with Crippen molar-refractivity contribution in [2.24, 2.45) is 5.92 Å². The van der Waals surface area contributed by atoms with E-state index in [9.17, 15) is 0 Å². The third-order valence-electron chi connectivity index (χ3n) is 3.95. The standard InChI is InChI=1S/C13H21ClN4/c1-3-9-6-4-5-7-10(9)18(2)12-8-11(14)16-13(15)17-12/h8-10H,3-7H2,1-2H3,(H2,15,16,17)/t9-,10-/m1/s1. The van der Waals surface area contributed by atoms with Gasteiger partial charge in [-0.05, 0) is 18.8 Å². The summed E-state index contributed by atoms with van der Waals surface area (Å²) in [6.45, 7) is 2.26. The molecule has 1 heterocycles. The van der Waals surface area contributed by atoms with Gasteiger partial charge in [0.15, 0.2) is 0 Å². The summed E-state index contributed by atoms with van der Waals surface area (Å²) in [5, 5.41) is 0.410. The Hall–Kier alpha value is -1.03. The van der Waals surface area contributed by atoms with Crippen LogP contribution in [0, 0.1) is 5.92 Å². The predicted octanol–water partition coefficient (Wildman–Crippen LogP) is 3.12. The van der Waals surface area contributed by atoms with Crippen LogP contribution < -0.4 is 10.6 Å². The Morgan fingerprint density at radius 1 is 1.39 bits per heavy atom. The number of rotatable bonds is 3. The number of nitrogens with zero attached hydrogens (tertiary/aromatic N) is 3. The summed E-state index contributed by atoms with van der Waals surface area (Å²) in [6, 6.07) is 2.33. The van der Waals surface area contributed by atoms with E-state index in [-0.39, 0.29) is 5.95 Å². The molecule has 0 saturated heterocycles. The largest absolute Gasteiger partial charge is 0.368 e. The van der Waals surface area contributed by atoms with Gasteiger partial charge in [-0.2, -0.15) is 4.98 Å². The third-order valence-corrected chi connectivity index (χ3v) is 4.14. The first-order valence-electron chi connectivity index (χ1n) is 6.64. The molecule has 0 aromatic carbocycles. The molecule has 100 valence electrons. The normalized spacial score (nSPS) is 23.9. The number of nitrogen functional groups attached to an aromatic ring is 1. The molecule has 0 radical (unpaired) electrons. The van der Waals surface area contributed by atoms with Crippen molar-refractivity contribution < 1.29 is 0 Å². The molecule has 1 aliphatic rings. The lowest BCUT2D eigenvalue weighted by Gasteiger charge is -2.38. The molecule has 1 aromatic rings. The summed E-state index contributed by atoms with van der Waals surface area (Å²) in [7, 11) is 2.08. The highest BCUT2D eigenvalue weighted by molar-refractivity contribution is 6.29. The summed E-state index contributed by atoms with van der Waals surface area (Å²) in [5.41, 5.74) is 5.66. The van der Waals surface area contributed by atoms with Gasteiger partial charge < -0.3 is 10.6 Å². The summed E-state index contributed by atoms with van der Waals surface area (Å²) < 4.78 is 0. The van der Waals surface area contributed by atoms with E-state index in [2.05, 4.69) is 28.8 Å². The molecule has 0 spiro atoms. The zero-order valence-corrected chi connectivity index (χ0v) is 11.8. The van der Waals surface area contributed by atoms with E-state index in [0.29, 0.717) is 11.2 Å². The zero-order chi connectivity index (χ0) is 13.1. The topological polar surface area (TPSA) is 55.0 Å². The van der Waals surface area contributed by atoms with Gasteiger partial charge in [-0.25, -0.2) is 4.98 Å². The van der Waals surface area contributed by atoms with Crippen LogP contribution in [0.15, 0.2) is 6.07 Å². The molecular formula is C13H21ClN4. The van der Waals surface area contributed by atoms with Crippen LogP contribution in [0.5, 0.6) is 0 Å². The highest BCUT2D eigenvalue weighted by atomic mass is 35.5. The van der Waals surface area contributed by atoms with Gasteiger partial charge in [-0.1, -0.05) is 37.8 Å². The smallest absolute Gasteiger partial charge is 0.223 e. The number of hydrogen-bond donors (Lipinski definition) is 1. The third kappa shape index (κ3) is 2.86. The van der Waals surface area contributed by atoms with E-state index in [1.165, 1.54) is 32.1 Å². The maximum atomic E-state index is 5.95. The van der Waals surface area contributed by atoms with Crippen molar-refractivity contribution in [3.8, 4) is 0 Å². The van der Waals surface area contributed by atoms with Crippen LogP contribution in [-0.2, 0) is 0 Å². The van der Waals surface area contributed by atoms with Gasteiger partial charge >= 0.3 is 0 Å². The molecule has 0 unspecified atom stereocenters. The van der Waals surface area contributed by atoms with Crippen molar-refractivity contribution in [1.29, 1.82) is 0 Å². The fourth-order valence-electron chi connectivity index (χ4n) is 2.95. The Kier molecular flexibility index (Phi) is 4.27. The van der Waals surface area contributed by atoms with Crippen molar-refractivity contribution in [2.45, 2.75) is 45.1 Å². The minimum atomic E-state index is 0.244. The predicted molar refractivity (Wildman–Crippen MR) is 75.9 cm³/mol. The maximum absolute atomic E-state index is 5.95. The number of halogens is 1. The molecule has 0 bridgehead atoms. The van der Waals surface area contributed by atoms with Gasteiger partial charge in [-0.3, -0.25) is 0 Å². The lowest BCUT2D eigenvalue weighted by atomic mass is 9.82. The summed E-state index contributed by atoms with van der Waals surface area (Å²) in [5.74, 6) is 1.81. The first-order chi connectivity index (χ1) is 8.61. The number of aromatic nitrogens is 2. The van der Waals surface area contributed by atoms with Crippen LogP contribution in [0.1, 0.15) is 39.0 Å². The van der Waals surface area contributed by atoms with E-state index in [4.69, 9.17) is 17.3 Å². The number of anilines is 2. The molecule has 1 aromatic heterocycles. The molecular weight excluding hydrogens is 248 g/mol. The van der Waals surface area contributed by atoms with Crippen LogP contribution in [-0.4, -0.2) is 23.1 Å². The van der Waals surface area contributed by atoms with Crippen LogP contribution in [0.2, 0.25) is 5.15 Å². The molecule has 2 atom stereocenters. The molecule has 1 saturated carbocycles.